The van der Waals surface area contributed by atoms with Gasteiger partial charge in [0.2, 0.25) is 0 Å². The van der Waals surface area contributed by atoms with Crippen molar-refractivity contribution in [3.8, 4) is 5.75 Å². The van der Waals surface area contributed by atoms with Gasteiger partial charge >= 0.3 is 18.3 Å². The SMILES string of the molecule is COc1ccc(CCN)cc1.Cc1ccc(C(=O)O)cc1.O=Cc1cc(C(F)(F)F)cc(C(F)(F)F)c1. The van der Waals surface area contributed by atoms with Crippen LogP contribution in [0.25, 0.3) is 0 Å². The summed E-state index contributed by atoms with van der Waals surface area (Å²) in [4.78, 5) is 20.5. The Morgan fingerprint density at radius 2 is 1.38 bits per heavy atom. The lowest BCUT2D eigenvalue weighted by molar-refractivity contribution is -0.143. The van der Waals surface area contributed by atoms with E-state index < -0.39 is 35.0 Å². The lowest BCUT2D eigenvalue weighted by Gasteiger charge is -2.12. The number of aryl methyl sites for hydroxylation is 1. The first-order chi connectivity index (χ1) is 17.2. The predicted octanol–water partition coefficient (Wildman–Crippen LogP) is 6.43. The van der Waals surface area contributed by atoms with Crippen molar-refractivity contribution in [2.75, 3.05) is 13.7 Å². The molecule has 0 unspecified atom stereocenters. The van der Waals surface area contributed by atoms with Crippen LogP contribution >= 0.6 is 0 Å². The molecular formula is C26H25F6NO4. The molecule has 0 aliphatic carbocycles. The van der Waals surface area contributed by atoms with Gasteiger partial charge in [0.25, 0.3) is 0 Å². The van der Waals surface area contributed by atoms with Crippen LogP contribution in [0.4, 0.5) is 26.3 Å². The first-order valence-electron chi connectivity index (χ1n) is 10.6. The Morgan fingerprint density at radius 1 is 0.892 bits per heavy atom. The zero-order valence-corrected chi connectivity index (χ0v) is 19.9. The number of benzene rings is 3. The summed E-state index contributed by atoms with van der Waals surface area (Å²) in [5, 5.41) is 8.48. The molecule has 0 amide bonds. The number of methoxy groups -OCH3 is 1. The number of aromatic carboxylic acids is 1. The Balaban J connectivity index is 0.000000288. The smallest absolute Gasteiger partial charge is 0.416 e. The van der Waals surface area contributed by atoms with Crippen LogP contribution in [-0.2, 0) is 18.8 Å². The predicted molar refractivity (Wildman–Crippen MR) is 126 cm³/mol. The molecule has 0 aliphatic rings. The second-order valence-electron chi connectivity index (χ2n) is 7.51. The largest absolute Gasteiger partial charge is 0.497 e. The minimum Gasteiger partial charge on any atom is -0.497 e. The van der Waals surface area contributed by atoms with Crippen LogP contribution in [0.3, 0.4) is 0 Å². The van der Waals surface area contributed by atoms with E-state index in [2.05, 4.69) is 0 Å². The number of aldehydes is 1. The summed E-state index contributed by atoms with van der Waals surface area (Å²) in [6, 6.07) is 15.4. The highest BCUT2D eigenvalue weighted by Gasteiger charge is 2.36. The number of hydrogen-bond donors (Lipinski definition) is 2. The standard InChI is InChI=1S/C9H4F6O.C9H13NO.C8H8O2/c10-8(11,12)6-1-5(4-16)2-7(3-6)9(13,14)15;1-11-9-4-2-8(3-5-9)6-7-10;1-6-2-4-7(5-3-6)8(9)10/h1-4H;2-5H,6-7,10H2,1H3;2-5H,1H3,(H,9,10). The van der Waals surface area contributed by atoms with Gasteiger partial charge in [-0.15, -0.1) is 0 Å². The van der Waals surface area contributed by atoms with Crippen molar-refractivity contribution in [1.29, 1.82) is 0 Å². The van der Waals surface area contributed by atoms with Crippen LogP contribution in [0.1, 0.15) is 43.0 Å². The molecule has 0 aromatic heterocycles. The maximum atomic E-state index is 12.2. The van der Waals surface area contributed by atoms with Crippen molar-refractivity contribution in [2.24, 2.45) is 5.73 Å². The normalized spacial score (nSPS) is 10.8. The number of rotatable bonds is 5. The third-order valence-corrected chi connectivity index (χ3v) is 4.64. The van der Waals surface area contributed by atoms with Crippen molar-refractivity contribution in [1.82, 2.24) is 0 Å². The molecule has 3 aromatic carbocycles. The zero-order chi connectivity index (χ0) is 28.2. The van der Waals surface area contributed by atoms with E-state index in [-0.39, 0.29) is 12.4 Å². The molecule has 11 heteroatoms. The number of alkyl halides is 6. The second kappa shape index (κ2) is 14.0. The first kappa shape index (κ1) is 31.2. The molecule has 0 radical (unpaired) electrons. The number of halogens is 6. The summed E-state index contributed by atoms with van der Waals surface area (Å²) in [5.74, 6) is 0.0192. The molecule has 0 bridgehead atoms. The van der Waals surface area contributed by atoms with E-state index in [4.69, 9.17) is 15.6 Å². The van der Waals surface area contributed by atoms with Gasteiger partial charge in [0, 0.05) is 5.56 Å². The van der Waals surface area contributed by atoms with Crippen molar-refractivity contribution < 1.29 is 45.8 Å². The third kappa shape index (κ3) is 11.2. The van der Waals surface area contributed by atoms with Crippen LogP contribution in [0.2, 0.25) is 0 Å². The van der Waals surface area contributed by atoms with E-state index in [9.17, 15) is 35.9 Å². The van der Waals surface area contributed by atoms with E-state index in [1.165, 1.54) is 5.56 Å². The molecule has 3 rings (SSSR count). The molecule has 0 aliphatic heterocycles. The number of nitrogens with two attached hydrogens (primary N) is 1. The molecule has 3 N–H and O–H groups in total. The molecule has 37 heavy (non-hydrogen) atoms. The highest BCUT2D eigenvalue weighted by atomic mass is 19.4. The van der Waals surface area contributed by atoms with Gasteiger partial charge < -0.3 is 15.6 Å². The second-order valence-corrected chi connectivity index (χ2v) is 7.51. The van der Waals surface area contributed by atoms with Crippen LogP contribution in [-0.4, -0.2) is 31.0 Å². The summed E-state index contributed by atoms with van der Waals surface area (Å²) < 4.78 is 78.2. The first-order valence-corrected chi connectivity index (χ1v) is 10.6. The van der Waals surface area contributed by atoms with Crippen LogP contribution in [0, 0.1) is 6.92 Å². The van der Waals surface area contributed by atoms with Crippen LogP contribution in [0.15, 0.2) is 66.7 Å². The van der Waals surface area contributed by atoms with Crippen molar-refractivity contribution in [3.63, 3.8) is 0 Å². The van der Waals surface area contributed by atoms with E-state index in [1.54, 1.807) is 31.4 Å². The van der Waals surface area contributed by atoms with E-state index in [1.807, 2.05) is 31.2 Å². The fourth-order valence-electron chi connectivity index (χ4n) is 2.70. The van der Waals surface area contributed by atoms with Gasteiger partial charge in [-0.2, -0.15) is 26.3 Å². The fraction of sp³-hybridized carbons (Fsp3) is 0.231. The summed E-state index contributed by atoms with van der Waals surface area (Å²) in [7, 11) is 1.66. The molecule has 0 atom stereocenters. The molecular weight excluding hydrogens is 504 g/mol. The fourth-order valence-corrected chi connectivity index (χ4v) is 2.70. The molecule has 5 nitrogen and oxygen atoms in total. The Morgan fingerprint density at radius 3 is 1.73 bits per heavy atom. The van der Waals surface area contributed by atoms with Gasteiger partial charge in [-0.1, -0.05) is 29.8 Å². The van der Waals surface area contributed by atoms with Gasteiger partial charge in [0.15, 0.2) is 0 Å². The molecule has 200 valence electrons. The molecule has 0 saturated carbocycles. The average molecular weight is 529 g/mol. The number of hydrogen-bond acceptors (Lipinski definition) is 4. The molecule has 0 spiro atoms. The maximum absolute atomic E-state index is 12.2. The molecule has 0 heterocycles. The highest BCUT2D eigenvalue weighted by Crippen LogP contribution is 2.35. The highest BCUT2D eigenvalue weighted by molar-refractivity contribution is 5.87. The number of carbonyl (C=O) groups is 2. The number of carboxylic acid groups (broad SMARTS) is 1. The lowest BCUT2D eigenvalue weighted by Crippen LogP contribution is -2.11. The Hall–Kier alpha value is -3.86. The summed E-state index contributed by atoms with van der Waals surface area (Å²) >= 11 is 0. The van der Waals surface area contributed by atoms with Gasteiger partial charge in [0.05, 0.1) is 23.8 Å². The maximum Gasteiger partial charge on any atom is 0.416 e. The zero-order valence-electron chi connectivity index (χ0n) is 19.9. The van der Waals surface area contributed by atoms with Gasteiger partial charge in [0.1, 0.15) is 12.0 Å². The number of carboxylic acids is 1. The van der Waals surface area contributed by atoms with E-state index >= 15 is 0 Å². The average Bonchev–Trinajstić information content (AvgIpc) is 2.84. The monoisotopic (exact) mass is 529 g/mol. The topological polar surface area (TPSA) is 89.6 Å². The Labute approximate surface area is 209 Å². The quantitative estimate of drug-likeness (QED) is 0.294. The Kier molecular flexibility index (Phi) is 11.8. The van der Waals surface area contributed by atoms with Gasteiger partial charge in [-0.3, -0.25) is 4.79 Å². The molecule has 0 saturated heterocycles. The van der Waals surface area contributed by atoms with Crippen molar-refractivity contribution >= 4 is 12.3 Å². The van der Waals surface area contributed by atoms with E-state index in [0.29, 0.717) is 24.2 Å². The van der Waals surface area contributed by atoms with Gasteiger partial charge in [-0.25, -0.2) is 4.79 Å². The van der Waals surface area contributed by atoms with E-state index in [0.717, 1.165) is 17.7 Å². The minimum absolute atomic E-state index is 0.0347. The summed E-state index contributed by atoms with van der Waals surface area (Å²) in [6.07, 6.45) is -8.97. The van der Waals surface area contributed by atoms with Crippen molar-refractivity contribution in [2.45, 2.75) is 25.7 Å². The number of carbonyl (C=O) groups excluding carboxylic acids is 1. The Bertz CT molecular complexity index is 1110. The van der Waals surface area contributed by atoms with Crippen molar-refractivity contribution in [3.05, 3.63) is 100 Å². The van der Waals surface area contributed by atoms with Gasteiger partial charge in [-0.05, 0) is 67.9 Å². The summed E-state index contributed by atoms with van der Waals surface area (Å²) in [6.45, 7) is 2.62. The molecule has 3 aromatic rings. The lowest BCUT2D eigenvalue weighted by atomic mass is 10.1. The third-order valence-electron chi connectivity index (χ3n) is 4.64. The van der Waals surface area contributed by atoms with Crippen LogP contribution in [0.5, 0.6) is 5.75 Å². The van der Waals surface area contributed by atoms with Crippen LogP contribution < -0.4 is 10.5 Å². The number of ether oxygens (including phenoxy) is 1. The summed E-state index contributed by atoms with van der Waals surface area (Å²) in [5.41, 5.74) is 4.41. The minimum atomic E-state index is -4.92. The molecule has 0 fully saturated rings.